The molecule has 1 heterocycles. The van der Waals surface area contributed by atoms with Gasteiger partial charge in [-0.25, -0.2) is 13.1 Å². The highest BCUT2D eigenvalue weighted by molar-refractivity contribution is 9.10. The summed E-state index contributed by atoms with van der Waals surface area (Å²) in [4.78, 5) is 0.317. The largest absolute Gasteiger partial charge is 0.317 e. The molecule has 0 bridgehead atoms. The number of nitrogens with one attached hydrogen (secondary N) is 2. The molecule has 0 saturated carbocycles. The van der Waals surface area contributed by atoms with Crippen LogP contribution in [0.15, 0.2) is 57.9 Å². The van der Waals surface area contributed by atoms with Gasteiger partial charge in [-0.05, 0) is 61.3 Å². The molecule has 4 nitrogen and oxygen atoms in total. The summed E-state index contributed by atoms with van der Waals surface area (Å²) in [7, 11) is -3.45. The Kier molecular flexibility index (Phi) is 5.16. The third-order valence-corrected chi connectivity index (χ3v) is 6.07. The highest BCUT2D eigenvalue weighted by Crippen LogP contribution is 2.23. The van der Waals surface area contributed by atoms with Crippen molar-refractivity contribution in [1.82, 2.24) is 10.0 Å². The van der Waals surface area contributed by atoms with Crippen molar-refractivity contribution in [2.75, 3.05) is 13.1 Å². The van der Waals surface area contributed by atoms with E-state index in [1.165, 1.54) is 0 Å². The number of halogens is 1. The number of sulfonamides is 1. The fourth-order valence-electron chi connectivity index (χ4n) is 2.70. The monoisotopic (exact) mass is 394 g/mol. The Morgan fingerprint density at radius 3 is 2.00 bits per heavy atom. The maximum absolute atomic E-state index is 12.5. The molecule has 0 unspecified atom stereocenters. The molecular formula is C17H19BrN2O2S. The third-order valence-electron chi connectivity index (χ3n) is 4.00. The van der Waals surface area contributed by atoms with Gasteiger partial charge in [-0.15, -0.1) is 0 Å². The van der Waals surface area contributed by atoms with E-state index in [0.717, 1.165) is 41.5 Å². The second-order valence-corrected chi connectivity index (χ2v) is 8.31. The van der Waals surface area contributed by atoms with Crippen molar-refractivity contribution in [2.45, 2.75) is 23.8 Å². The van der Waals surface area contributed by atoms with Crippen LogP contribution in [0.1, 0.15) is 12.8 Å². The highest BCUT2D eigenvalue weighted by Gasteiger charge is 2.21. The van der Waals surface area contributed by atoms with Gasteiger partial charge in [-0.1, -0.05) is 40.2 Å². The van der Waals surface area contributed by atoms with Gasteiger partial charge in [0.1, 0.15) is 0 Å². The summed E-state index contributed by atoms with van der Waals surface area (Å²) in [5.41, 5.74) is 2.06. The molecule has 0 radical (unpaired) electrons. The number of piperidine rings is 1. The molecule has 2 aromatic rings. The van der Waals surface area contributed by atoms with Gasteiger partial charge in [-0.2, -0.15) is 0 Å². The summed E-state index contributed by atoms with van der Waals surface area (Å²) in [5.74, 6) is 0. The first-order valence-electron chi connectivity index (χ1n) is 7.64. The Balaban J connectivity index is 1.76. The minimum atomic E-state index is -3.45. The normalized spacial score (nSPS) is 16.4. The molecule has 0 aromatic heterocycles. The van der Waals surface area contributed by atoms with Crippen LogP contribution in [0.3, 0.4) is 0 Å². The summed E-state index contributed by atoms with van der Waals surface area (Å²) in [6, 6.07) is 15.0. The Hall–Kier alpha value is -1.21. The number of hydrogen-bond donors (Lipinski definition) is 2. The van der Waals surface area contributed by atoms with Crippen LogP contribution in [0.5, 0.6) is 0 Å². The van der Waals surface area contributed by atoms with E-state index in [2.05, 4.69) is 26.0 Å². The average molecular weight is 395 g/mol. The van der Waals surface area contributed by atoms with Crippen molar-refractivity contribution in [3.8, 4) is 11.1 Å². The Morgan fingerprint density at radius 1 is 0.913 bits per heavy atom. The lowest BCUT2D eigenvalue weighted by Gasteiger charge is -2.23. The van der Waals surface area contributed by atoms with Gasteiger partial charge < -0.3 is 5.32 Å². The van der Waals surface area contributed by atoms with Crippen molar-refractivity contribution in [3.05, 3.63) is 53.0 Å². The maximum Gasteiger partial charge on any atom is 0.240 e. The molecule has 1 saturated heterocycles. The van der Waals surface area contributed by atoms with Gasteiger partial charge in [0.2, 0.25) is 10.0 Å². The van der Waals surface area contributed by atoms with E-state index < -0.39 is 10.0 Å². The van der Waals surface area contributed by atoms with Crippen LogP contribution in [0.25, 0.3) is 11.1 Å². The molecule has 0 aliphatic carbocycles. The van der Waals surface area contributed by atoms with Gasteiger partial charge in [0.05, 0.1) is 4.90 Å². The van der Waals surface area contributed by atoms with Crippen LogP contribution < -0.4 is 10.0 Å². The summed E-state index contributed by atoms with van der Waals surface area (Å²) >= 11 is 3.41. The summed E-state index contributed by atoms with van der Waals surface area (Å²) in [6.45, 7) is 1.71. The molecule has 0 amide bonds. The number of hydrogen-bond acceptors (Lipinski definition) is 3. The SMILES string of the molecule is O=S(=O)(NC1CCNCC1)c1ccc(-c2ccc(Br)cc2)cc1. The average Bonchev–Trinajstić information content (AvgIpc) is 2.56. The van der Waals surface area contributed by atoms with E-state index in [1.807, 2.05) is 36.4 Å². The lowest BCUT2D eigenvalue weighted by molar-refractivity contribution is 0.427. The van der Waals surface area contributed by atoms with E-state index in [-0.39, 0.29) is 6.04 Å². The van der Waals surface area contributed by atoms with Crippen LogP contribution in [0.2, 0.25) is 0 Å². The van der Waals surface area contributed by atoms with Crippen LogP contribution in [-0.2, 0) is 10.0 Å². The number of benzene rings is 2. The lowest BCUT2D eigenvalue weighted by atomic mass is 10.1. The second kappa shape index (κ2) is 7.13. The summed E-state index contributed by atoms with van der Waals surface area (Å²) in [5, 5.41) is 3.23. The molecule has 1 aliphatic rings. The predicted octanol–water partition coefficient (Wildman–Crippen LogP) is 3.15. The van der Waals surface area contributed by atoms with Crippen molar-refractivity contribution in [1.29, 1.82) is 0 Å². The van der Waals surface area contributed by atoms with E-state index >= 15 is 0 Å². The first-order chi connectivity index (χ1) is 11.0. The predicted molar refractivity (Wildman–Crippen MR) is 95.8 cm³/mol. The molecule has 2 aromatic carbocycles. The van der Waals surface area contributed by atoms with Crippen molar-refractivity contribution in [2.24, 2.45) is 0 Å². The Labute approximate surface area is 145 Å². The molecule has 0 spiro atoms. The van der Waals surface area contributed by atoms with E-state index in [4.69, 9.17) is 0 Å². The van der Waals surface area contributed by atoms with Crippen molar-refractivity contribution < 1.29 is 8.42 Å². The Morgan fingerprint density at radius 2 is 1.43 bits per heavy atom. The highest BCUT2D eigenvalue weighted by atomic mass is 79.9. The van der Waals surface area contributed by atoms with E-state index in [9.17, 15) is 8.42 Å². The second-order valence-electron chi connectivity index (χ2n) is 5.68. The standard InChI is InChI=1S/C17H19BrN2O2S/c18-15-5-1-13(2-6-15)14-3-7-17(8-4-14)23(21,22)20-16-9-11-19-12-10-16/h1-8,16,19-20H,9-12H2. The fourth-order valence-corrected chi connectivity index (χ4v) is 4.27. The molecule has 3 rings (SSSR count). The molecular weight excluding hydrogens is 376 g/mol. The zero-order valence-corrected chi connectivity index (χ0v) is 15.0. The molecule has 6 heteroatoms. The van der Waals surface area contributed by atoms with Crippen molar-refractivity contribution >= 4 is 26.0 Å². The van der Waals surface area contributed by atoms with Gasteiger partial charge in [0.25, 0.3) is 0 Å². The first-order valence-corrected chi connectivity index (χ1v) is 9.91. The Bertz CT molecular complexity index is 752. The van der Waals surface area contributed by atoms with Gasteiger partial charge in [-0.3, -0.25) is 0 Å². The van der Waals surface area contributed by atoms with Gasteiger partial charge >= 0.3 is 0 Å². The molecule has 122 valence electrons. The molecule has 2 N–H and O–H groups in total. The molecule has 1 aliphatic heterocycles. The quantitative estimate of drug-likeness (QED) is 0.836. The van der Waals surface area contributed by atoms with Gasteiger partial charge in [0, 0.05) is 10.5 Å². The smallest absolute Gasteiger partial charge is 0.240 e. The van der Waals surface area contributed by atoms with Crippen LogP contribution in [-0.4, -0.2) is 27.5 Å². The maximum atomic E-state index is 12.5. The molecule has 0 atom stereocenters. The fraction of sp³-hybridized carbons (Fsp3) is 0.294. The molecule has 23 heavy (non-hydrogen) atoms. The topological polar surface area (TPSA) is 58.2 Å². The molecule has 1 fully saturated rings. The zero-order chi connectivity index (χ0) is 16.3. The summed E-state index contributed by atoms with van der Waals surface area (Å²) < 4.78 is 28.7. The number of rotatable bonds is 4. The van der Waals surface area contributed by atoms with Crippen LogP contribution >= 0.6 is 15.9 Å². The van der Waals surface area contributed by atoms with E-state index in [1.54, 1.807) is 12.1 Å². The summed E-state index contributed by atoms with van der Waals surface area (Å²) in [6.07, 6.45) is 1.66. The van der Waals surface area contributed by atoms with Gasteiger partial charge in [0.15, 0.2) is 0 Å². The van der Waals surface area contributed by atoms with Crippen LogP contribution in [0.4, 0.5) is 0 Å². The van der Waals surface area contributed by atoms with Crippen molar-refractivity contribution in [3.63, 3.8) is 0 Å². The van der Waals surface area contributed by atoms with Crippen LogP contribution in [0, 0.1) is 0 Å². The minimum Gasteiger partial charge on any atom is -0.317 e. The lowest BCUT2D eigenvalue weighted by Crippen LogP contribution is -2.42. The van der Waals surface area contributed by atoms with E-state index in [0.29, 0.717) is 4.90 Å². The zero-order valence-electron chi connectivity index (χ0n) is 12.6. The third kappa shape index (κ3) is 4.20. The first kappa shape index (κ1) is 16.6. The minimum absolute atomic E-state index is 0.0207.